The van der Waals surface area contributed by atoms with Crippen molar-refractivity contribution in [2.45, 2.75) is 39.2 Å². The van der Waals surface area contributed by atoms with Crippen LogP contribution in [0, 0.1) is 0 Å². The molecule has 1 atom stereocenters. The highest BCUT2D eigenvalue weighted by Gasteiger charge is 2.23. The zero-order valence-corrected chi connectivity index (χ0v) is 10.2. The Kier molecular flexibility index (Phi) is 3.78. The molecule has 1 aromatic rings. The molecule has 0 saturated carbocycles. The lowest BCUT2D eigenvalue weighted by molar-refractivity contribution is 0.166. The molecular formula is C13H21N3. The highest BCUT2D eigenvalue weighted by Crippen LogP contribution is 2.29. The van der Waals surface area contributed by atoms with Gasteiger partial charge in [0.2, 0.25) is 0 Å². The summed E-state index contributed by atoms with van der Waals surface area (Å²) in [6.45, 7) is 6.60. The third-order valence-corrected chi connectivity index (χ3v) is 3.25. The Labute approximate surface area is 97.5 Å². The van der Waals surface area contributed by atoms with Gasteiger partial charge in [0.1, 0.15) is 0 Å². The number of likely N-dealkylation sites (tertiary alicyclic amines) is 1. The molecule has 1 fully saturated rings. The monoisotopic (exact) mass is 219 g/mol. The van der Waals surface area contributed by atoms with E-state index in [1.54, 1.807) is 0 Å². The van der Waals surface area contributed by atoms with Gasteiger partial charge in [-0.05, 0) is 33.2 Å². The maximum Gasteiger partial charge on any atom is 0.0535 e. The van der Waals surface area contributed by atoms with Gasteiger partial charge in [-0.2, -0.15) is 5.10 Å². The Morgan fingerprint density at radius 1 is 1.56 bits per heavy atom. The molecule has 1 N–H and O–H groups in total. The fraction of sp³-hybridized carbons (Fsp3) is 0.615. The van der Waals surface area contributed by atoms with Crippen molar-refractivity contribution in [1.29, 1.82) is 0 Å². The SMILES string of the molecule is CC(C)=CCN1CCCCC1c1cn[nH]c1. The molecule has 1 aliphatic heterocycles. The molecule has 2 rings (SSSR count). The molecule has 0 bridgehead atoms. The summed E-state index contributed by atoms with van der Waals surface area (Å²) in [6.07, 6.45) is 10.2. The van der Waals surface area contributed by atoms with E-state index in [9.17, 15) is 0 Å². The molecule has 0 amide bonds. The number of aromatic amines is 1. The minimum absolute atomic E-state index is 0.558. The Hall–Kier alpha value is -1.09. The zero-order chi connectivity index (χ0) is 11.4. The molecule has 0 aromatic carbocycles. The van der Waals surface area contributed by atoms with E-state index in [0.717, 1.165) is 6.54 Å². The highest BCUT2D eigenvalue weighted by molar-refractivity contribution is 5.11. The van der Waals surface area contributed by atoms with Crippen molar-refractivity contribution in [1.82, 2.24) is 15.1 Å². The van der Waals surface area contributed by atoms with Gasteiger partial charge in [-0.15, -0.1) is 0 Å². The van der Waals surface area contributed by atoms with Crippen LogP contribution in [-0.4, -0.2) is 28.2 Å². The third-order valence-electron chi connectivity index (χ3n) is 3.25. The summed E-state index contributed by atoms with van der Waals surface area (Å²) in [7, 11) is 0. The van der Waals surface area contributed by atoms with Crippen LogP contribution in [0.1, 0.15) is 44.7 Å². The quantitative estimate of drug-likeness (QED) is 0.793. The minimum Gasteiger partial charge on any atom is -0.293 e. The number of rotatable bonds is 3. The molecule has 88 valence electrons. The Morgan fingerprint density at radius 3 is 3.12 bits per heavy atom. The van der Waals surface area contributed by atoms with E-state index in [0.29, 0.717) is 6.04 Å². The van der Waals surface area contributed by atoms with Gasteiger partial charge in [0.25, 0.3) is 0 Å². The number of aromatic nitrogens is 2. The van der Waals surface area contributed by atoms with Crippen molar-refractivity contribution >= 4 is 0 Å². The molecule has 1 unspecified atom stereocenters. The third kappa shape index (κ3) is 2.73. The molecular weight excluding hydrogens is 198 g/mol. The fourth-order valence-corrected chi connectivity index (χ4v) is 2.33. The van der Waals surface area contributed by atoms with Crippen molar-refractivity contribution in [3.05, 3.63) is 29.6 Å². The number of allylic oxidation sites excluding steroid dienone is 1. The Balaban J connectivity index is 2.05. The van der Waals surface area contributed by atoms with Gasteiger partial charge in [0, 0.05) is 24.3 Å². The lowest BCUT2D eigenvalue weighted by Gasteiger charge is -2.34. The van der Waals surface area contributed by atoms with Crippen LogP contribution in [0.15, 0.2) is 24.0 Å². The smallest absolute Gasteiger partial charge is 0.0535 e. The second-order valence-electron chi connectivity index (χ2n) is 4.82. The second kappa shape index (κ2) is 5.30. The molecule has 16 heavy (non-hydrogen) atoms. The number of hydrogen-bond acceptors (Lipinski definition) is 2. The van der Waals surface area contributed by atoms with Crippen LogP contribution in [0.4, 0.5) is 0 Å². The van der Waals surface area contributed by atoms with Crippen molar-refractivity contribution in [2.75, 3.05) is 13.1 Å². The van der Waals surface area contributed by atoms with E-state index < -0.39 is 0 Å². The number of nitrogens with one attached hydrogen (secondary N) is 1. The molecule has 1 saturated heterocycles. The van der Waals surface area contributed by atoms with Crippen molar-refractivity contribution < 1.29 is 0 Å². The van der Waals surface area contributed by atoms with E-state index in [2.05, 4.69) is 35.0 Å². The van der Waals surface area contributed by atoms with Crippen molar-refractivity contribution in [3.63, 3.8) is 0 Å². The van der Waals surface area contributed by atoms with Crippen LogP contribution in [-0.2, 0) is 0 Å². The van der Waals surface area contributed by atoms with Gasteiger partial charge in [-0.1, -0.05) is 18.1 Å². The van der Waals surface area contributed by atoms with E-state index >= 15 is 0 Å². The second-order valence-corrected chi connectivity index (χ2v) is 4.82. The molecule has 1 aromatic heterocycles. The van der Waals surface area contributed by atoms with E-state index in [1.165, 1.54) is 36.9 Å². The first kappa shape index (κ1) is 11.4. The van der Waals surface area contributed by atoms with Crippen molar-refractivity contribution in [3.8, 4) is 0 Å². The molecule has 0 aliphatic carbocycles. The number of hydrogen-bond donors (Lipinski definition) is 1. The maximum absolute atomic E-state index is 4.06. The summed E-state index contributed by atoms with van der Waals surface area (Å²) in [4.78, 5) is 2.56. The summed E-state index contributed by atoms with van der Waals surface area (Å²) in [5, 5.41) is 6.98. The van der Waals surface area contributed by atoms with Crippen LogP contribution in [0.25, 0.3) is 0 Å². The highest BCUT2D eigenvalue weighted by atomic mass is 15.2. The molecule has 0 spiro atoms. The molecule has 3 heteroatoms. The lowest BCUT2D eigenvalue weighted by atomic mass is 9.97. The van der Waals surface area contributed by atoms with Crippen molar-refractivity contribution in [2.24, 2.45) is 0 Å². The molecule has 2 heterocycles. The van der Waals surface area contributed by atoms with Gasteiger partial charge in [0.15, 0.2) is 0 Å². The van der Waals surface area contributed by atoms with Crippen LogP contribution < -0.4 is 0 Å². The van der Waals surface area contributed by atoms with Crippen LogP contribution in [0.5, 0.6) is 0 Å². The summed E-state index contributed by atoms with van der Waals surface area (Å²) < 4.78 is 0. The normalized spacial score (nSPS) is 22.0. The average Bonchev–Trinajstić information content (AvgIpc) is 2.80. The maximum atomic E-state index is 4.06. The summed E-state index contributed by atoms with van der Waals surface area (Å²) in [5.74, 6) is 0. The van der Waals surface area contributed by atoms with E-state index in [-0.39, 0.29) is 0 Å². The first-order valence-corrected chi connectivity index (χ1v) is 6.13. The Bertz CT molecular complexity index is 336. The molecule has 1 aliphatic rings. The van der Waals surface area contributed by atoms with Gasteiger partial charge >= 0.3 is 0 Å². The van der Waals surface area contributed by atoms with E-state index in [1.807, 2.05) is 12.4 Å². The van der Waals surface area contributed by atoms with Crippen LogP contribution in [0.2, 0.25) is 0 Å². The number of H-pyrrole nitrogens is 1. The fourth-order valence-electron chi connectivity index (χ4n) is 2.33. The largest absolute Gasteiger partial charge is 0.293 e. The number of nitrogens with zero attached hydrogens (tertiary/aromatic N) is 2. The average molecular weight is 219 g/mol. The van der Waals surface area contributed by atoms with Crippen LogP contribution in [0.3, 0.4) is 0 Å². The summed E-state index contributed by atoms with van der Waals surface area (Å²) in [5.41, 5.74) is 2.73. The zero-order valence-electron chi connectivity index (χ0n) is 10.2. The Morgan fingerprint density at radius 2 is 2.44 bits per heavy atom. The first-order valence-electron chi connectivity index (χ1n) is 6.13. The van der Waals surface area contributed by atoms with Gasteiger partial charge < -0.3 is 0 Å². The van der Waals surface area contributed by atoms with Crippen LogP contribution >= 0.6 is 0 Å². The summed E-state index contributed by atoms with van der Waals surface area (Å²) >= 11 is 0. The number of piperidine rings is 1. The molecule has 0 radical (unpaired) electrons. The lowest BCUT2D eigenvalue weighted by Crippen LogP contribution is -2.33. The minimum atomic E-state index is 0.558. The van der Waals surface area contributed by atoms with Gasteiger partial charge in [-0.3, -0.25) is 10.00 Å². The van der Waals surface area contributed by atoms with E-state index in [4.69, 9.17) is 0 Å². The molecule has 3 nitrogen and oxygen atoms in total. The first-order chi connectivity index (χ1) is 7.77. The predicted octanol–water partition coefficient (Wildman–Crippen LogP) is 2.90. The standard InChI is InChI=1S/C13H21N3/c1-11(2)6-8-16-7-4-3-5-13(16)12-9-14-15-10-12/h6,9-10,13H,3-5,7-8H2,1-2H3,(H,14,15). The predicted molar refractivity (Wildman–Crippen MR) is 66.2 cm³/mol. The summed E-state index contributed by atoms with van der Waals surface area (Å²) in [6, 6.07) is 0.558. The van der Waals surface area contributed by atoms with Gasteiger partial charge in [-0.25, -0.2) is 0 Å². The topological polar surface area (TPSA) is 31.9 Å². The van der Waals surface area contributed by atoms with Gasteiger partial charge in [0.05, 0.1) is 6.20 Å².